The van der Waals surface area contributed by atoms with E-state index in [9.17, 15) is 9.59 Å². The number of ether oxygens (including phenoxy) is 1. The molecular weight excluding hydrogens is 228 g/mol. The molecule has 90 valence electrons. The predicted octanol–water partition coefficient (Wildman–Crippen LogP) is 0.402. The molecule has 0 aromatic carbocycles. The molecule has 16 heavy (non-hydrogen) atoms. The Kier molecular flexibility index (Phi) is 3.70. The Labute approximate surface area is 99.1 Å². The van der Waals surface area contributed by atoms with Gasteiger partial charge in [-0.1, -0.05) is 11.8 Å². The van der Waals surface area contributed by atoms with E-state index in [4.69, 9.17) is 4.74 Å². The third-order valence-corrected chi connectivity index (χ3v) is 3.66. The fraction of sp³-hybridized carbons (Fsp3) is 0.800. The summed E-state index contributed by atoms with van der Waals surface area (Å²) in [6.07, 6.45) is 0.0985. The molecule has 0 bridgehead atoms. The Balaban J connectivity index is 1.85. The predicted molar refractivity (Wildman–Crippen MR) is 61.4 cm³/mol. The molecular formula is C10H16N2O3S. The highest BCUT2D eigenvalue weighted by Crippen LogP contribution is 2.17. The lowest BCUT2D eigenvalue weighted by Gasteiger charge is -2.32. The van der Waals surface area contributed by atoms with Gasteiger partial charge in [0.2, 0.25) is 5.91 Å². The highest BCUT2D eigenvalue weighted by Gasteiger charge is 2.27. The first-order chi connectivity index (χ1) is 7.66. The van der Waals surface area contributed by atoms with E-state index in [1.165, 1.54) is 11.8 Å². The SMILES string of the molecule is CC1CN(C(=O)CN2CCSC2=O)CCO1. The normalized spacial score (nSPS) is 26.3. The number of hydrogen-bond donors (Lipinski definition) is 0. The molecule has 1 atom stereocenters. The van der Waals surface area contributed by atoms with Crippen LogP contribution in [0.3, 0.4) is 0 Å². The van der Waals surface area contributed by atoms with E-state index in [0.717, 1.165) is 5.75 Å². The number of nitrogens with zero attached hydrogens (tertiary/aromatic N) is 2. The van der Waals surface area contributed by atoms with Gasteiger partial charge in [0.15, 0.2) is 0 Å². The number of carbonyl (C=O) groups excluding carboxylic acids is 2. The van der Waals surface area contributed by atoms with Crippen molar-refractivity contribution in [2.75, 3.05) is 38.5 Å². The van der Waals surface area contributed by atoms with Crippen LogP contribution in [0.1, 0.15) is 6.92 Å². The first-order valence-corrected chi connectivity index (χ1v) is 6.46. The van der Waals surface area contributed by atoms with Gasteiger partial charge in [-0.15, -0.1) is 0 Å². The molecule has 2 fully saturated rings. The zero-order valence-corrected chi connectivity index (χ0v) is 10.2. The molecule has 0 spiro atoms. The summed E-state index contributed by atoms with van der Waals surface area (Å²) in [5, 5.41) is 0.0228. The first-order valence-electron chi connectivity index (χ1n) is 5.48. The van der Waals surface area contributed by atoms with Crippen LogP contribution in [0, 0.1) is 0 Å². The minimum absolute atomic E-state index is 0.0228. The molecule has 1 unspecified atom stereocenters. The van der Waals surface area contributed by atoms with Crippen LogP contribution < -0.4 is 0 Å². The van der Waals surface area contributed by atoms with E-state index in [2.05, 4.69) is 0 Å². The largest absolute Gasteiger partial charge is 0.375 e. The number of rotatable bonds is 2. The van der Waals surface area contributed by atoms with Crippen molar-refractivity contribution in [2.45, 2.75) is 13.0 Å². The fourth-order valence-electron chi connectivity index (χ4n) is 1.88. The third-order valence-electron chi connectivity index (χ3n) is 2.76. The number of morpholine rings is 1. The van der Waals surface area contributed by atoms with E-state index in [0.29, 0.717) is 26.2 Å². The van der Waals surface area contributed by atoms with E-state index >= 15 is 0 Å². The van der Waals surface area contributed by atoms with Crippen LogP contribution in [0.5, 0.6) is 0 Å². The summed E-state index contributed by atoms with van der Waals surface area (Å²) in [5.41, 5.74) is 0. The summed E-state index contributed by atoms with van der Waals surface area (Å²) in [5.74, 6) is 0.831. The van der Waals surface area contributed by atoms with Gasteiger partial charge in [0, 0.05) is 25.4 Å². The zero-order valence-electron chi connectivity index (χ0n) is 9.35. The molecule has 6 heteroatoms. The lowest BCUT2D eigenvalue weighted by Crippen LogP contribution is -2.48. The van der Waals surface area contributed by atoms with Crippen LogP contribution in [-0.2, 0) is 9.53 Å². The van der Waals surface area contributed by atoms with Gasteiger partial charge in [0.1, 0.15) is 6.54 Å². The second-order valence-electron chi connectivity index (χ2n) is 4.06. The summed E-state index contributed by atoms with van der Waals surface area (Å²) in [7, 11) is 0. The lowest BCUT2D eigenvalue weighted by atomic mass is 10.3. The highest BCUT2D eigenvalue weighted by atomic mass is 32.2. The van der Waals surface area contributed by atoms with Gasteiger partial charge in [0.25, 0.3) is 5.24 Å². The van der Waals surface area contributed by atoms with Crippen LogP contribution >= 0.6 is 11.8 Å². The minimum Gasteiger partial charge on any atom is -0.375 e. The second kappa shape index (κ2) is 5.05. The standard InChI is InChI=1S/C10H16N2O3S/c1-8-6-11(2-4-15-8)9(13)7-12-3-5-16-10(12)14/h8H,2-7H2,1H3. The Morgan fingerprint density at radius 1 is 1.56 bits per heavy atom. The van der Waals surface area contributed by atoms with E-state index in [1.807, 2.05) is 6.92 Å². The number of hydrogen-bond acceptors (Lipinski definition) is 4. The van der Waals surface area contributed by atoms with Crippen LogP contribution in [0.25, 0.3) is 0 Å². The van der Waals surface area contributed by atoms with Gasteiger partial charge < -0.3 is 14.5 Å². The second-order valence-corrected chi connectivity index (χ2v) is 5.10. The van der Waals surface area contributed by atoms with Crippen molar-refractivity contribution in [3.8, 4) is 0 Å². The van der Waals surface area contributed by atoms with Gasteiger partial charge in [0.05, 0.1) is 12.7 Å². The Hall–Kier alpha value is -0.750. The van der Waals surface area contributed by atoms with Crippen molar-refractivity contribution in [2.24, 2.45) is 0 Å². The summed E-state index contributed by atoms with van der Waals surface area (Å²) in [6.45, 7) is 4.73. The van der Waals surface area contributed by atoms with Crippen molar-refractivity contribution >= 4 is 22.9 Å². The molecule has 0 radical (unpaired) electrons. The molecule has 0 N–H and O–H groups in total. The van der Waals surface area contributed by atoms with Crippen molar-refractivity contribution < 1.29 is 14.3 Å². The lowest BCUT2D eigenvalue weighted by molar-refractivity contribution is -0.138. The van der Waals surface area contributed by atoms with Gasteiger partial charge in [-0.2, -0.15) is 0 Å². The molecule has 2 aliphatic rings. The molecule has 2 amide bonds. The smallest absolute Gasteiger partial charge is 0.282 e. The monoisotopic (exact) mass is 244 g/mol. The number of carbonyl (C=O) groups is 2. The van der Waals surface area contributed by atoms with Gasteiger partial charge >= 0.3 is 0 Å². The van der Waals surface area contributed by atoms with Crippen LogP contribution in [0.2, 0.25) is 0 Å². The molecule has 2 rings (SSSR count). The molecule has 2 heterocycles. The Morgan fingerprint density at radius 3 is 3.00 bits per heavy atom. The van der Waals surface area contributed by atoms with Crippen LogP contribution in [-0.4, -0.2) is 65.6 Å². The summed E-state index contributed by atoms with van der Waals surface area (Å²) in [4.78, 5) is 26.7. The molecule has 5 nitrogen and oxygen atoms in total. The van der Waals surface area contributed by atoms with E-state index < -0.39 is 0 Å². The third kappa shape index (κ3) is 2.68. The molecule has 0 aromatic heterocycles. The topological polar surface area (TPSA) is 49.9 Å². The molecule has 0 aliphatic carbocycles. The zero-order chi connectivity index (χ0) is 11.5. The van der Waals surface area contributed by atoms with Crippen molar-refractivity contribution in [3.63, 3.8) is 0 Å². The number of thioether (sulfide) groups is 1. The highest BCUT2D eigenvalue weighted by molar-refractivity contribution is 8.13. The van der Waals surface area contributed by atoms with E-state index in [1.54, 1.807) is 9.80 Å². The average molecular weight is 244 g/mol. The average Bonchev–Trinajstić information content (AvgIpc) is 2.64. The maximum Gasteiger partial charge on any atom is 0.282 e. The first kappa shape index (κ1) is 11.7. The molecule has 2 saturated heterocycles. The van der Waals surface area contributed by atoms with E-state index in [-0.39, 0.29) is 23.8 Å². The van der Waals surface area contributed by atoms with Crippen molar-refractivity contribution in [3.05, 3.63) is 0 Å². The van der Waals surface area contributed by atoms with Crippen LogP contribution in [0.15, 0.2) is 0 Å². The molecule has 2 aliphatic heterocycles. The number of amides is 2. The maximum atomic E-state index is 11.9. The van der Waals surface area contributed by atoms with Crippen molar-refractivity contribution in [1.82, 2.24) is 9.80 Å². The maximum absolute atomic E-state index is 11.9. The summed E-state index contributed by atoms with van der Waals surface area (Å²) >= 11 is 1.29. The minimum atomic E-state index is 0.0228. The molecule has 0 saturated carbocycles. The quantitative estimate of drug-likeness (QED) is 0.705. The fourth-order valence-corrected chi connectivity index (χ4v) is 2.70. The molecule has 0 aromatic rings. The Bertz CT molecular complexity index is 298. The summed E-state index contributed by atoms with van der Waals surface area (Å²) < 4.78 is 5.37. The van der Waals surface area contributed by atoms with Crippen molar-refractivity contribution in [1.29, 1.82) is 0 Å². The van der Waals surface area contributed by atoms with Gasteiger partial charge in [-0.3, -0.25) is 9.59 Å². The Morgan fingerprint density at radius 2 is 2.38 bits per heavy atom. The van der Waals surface area contributed by atoms with Crippen LogP contribution in [0.4, 0.5) is 4.79 Å². The van der Waals surface area contributed by atoms with Gasteiger partial charge in [-0.05, 0) is 6.92 Å². The summed E-state index contributed by atoms with van der Waals surface area (Å²) in [6, 6.07) is 0. The van der Waals surface area contributed by atoms with Gasteiger partial charge in [-0.25, -0.2) is 0 Å².